The normalized spacial score (nSPS) is 10.4. The Bertz CT molecular complexity index is 557. The molecule has 0 bridgehead atoms. The highest BCUT2D eigenvalue weighted by Gasteiger charge is 2.13. The fourth-order valence-electron chi connectivity index (χ4n) is 1.57. The molecule has 0 N–H and O–H groups in total. The van der Waals surface area contributed by atoms with Crippen molar-refractivity contribution in [1.29, 1.82) is 0 Å². The monoisotopic (exact) mass is 249 g/mol. The number of methoxy groups -OCH3 is 1. The van der Waals surface area contributed by atoms with Crippen molar-refractivity contribution in [2.24, 2.45) is 0 Å². The summed E-state index contributed by atoms with van der Waals surface area (Å²) in [5.41, 5.74) is 3.64. The van der Waals surface area contributed by atoms with Crippen LogP contribution in [0.2, 0.25) is 5.15 Å². The van der Waals surface area contributed by atoms with E-state index in [-0.39, 0.29) is 0 Å². The summed E-state index contributed by atoms with van der Waals surface area (Å²) in [4.78, 5) is 3.92. The lowest BCUT2D eigenvalue weighted by Crippen LogP contribution is -1.96. The van der Waals surface area contributed by atoms with Crippen molar-refractivity contribution in [3.05, 3.63) is 34.7 Å². The zero-order valence-electron chi connectivity index (χ0n) is 9.86. The summed E-state index contributed by atoms with van der Waals surface area (Å²) in [5.74, 6) is 0.720. The van der Waals surface area contributed by atoms with Crippen LogP contribution in [0.5, 0.6) is 5.75 Å². The molecule has 2 aromatic rings. The molecule has 0 saturated carbocycles. The van der Waals surface area contributed by atoms with Crippen LogP contribution in [0, 0.1) is 13.8 Å². The highest BCUT2D eigenvalue weighted by atomic mass is 35.5. The molecule has 88 valence electrons. The number of aromatic nitrogens is 3. The Labute approximate surface area is 105 Å². The standard InChI is InChI=1S/C12H12ClN3O/c1-7-4-9(10(17-3)5-8(7)2)11-12(13)14-6-15-16-11/h4-6H,1-3H3. The van der Waals surface area contributed by atoms with Gasteiger partial charge in [0, 0.05) is 5.56 Å². The number of aryl methyl sites for hydroxylation is 2. The maximum Gasteiger partial charge on any atom is 0.159 e. The van der Waals surface area contributed by atoms with E-state index in [1.807, 2.05) is 26.0 Å². The van der Waals surface area contributed by atoms with Gasteiger partial charge in [-0.15, -0.1) is 10.2 Å². The van der Waals surface area contributed by atoms with E-state index in [1.54, 1.807) is 7.11 Å². The first kappa shape index (κ1) is 11.8. The molecule has 0 fully saturated rings. The van der Waals surface area contributed by atoms with E-state index in [4.69, 9.17) is 16.3 Å². The average Bonchev–Trinajstić information content (AvgIpc) is 2.33. The van der Waals surface area contributed by atoms with Gasteiger partial charge >= 0.3 is 0 Å². The molecule has 1 aromatic carbocycles. The molecule has 0 saturated heterocycles. The Morgan fingerprint density at radius 2 is 1.88 bits per heavy atom. The van der Waals surface area contributed by atoms with Crippen LogP contribution in [0.1, 0.15) is 11.1 Å². The quantitative estimate of drug-likeness (QED) is 0.821. The predicted molar refractivity (Wildman–Crippen MR) is 66.3 cm³/mol. The summed E-state index contributed by atoms with van der Waals surface area (Å²) in [6.45, 7) is 4.05. The van der Waals surface area contributed by atoms with Gasteiger partial charge in [-0.25, -0.2) is 4.98 Å². The highest BCUT2D eigenvalue weighted by Crippen LogP contribution is 2.33. The Balaban J connectivity index is 2.67. The largest absolute Gasteiger partial charge is 0.496 e. The van der Waals surface area contributed by atoms with Crippen LogP contribution < -0.4 is 4.74 Å². The number of ether oxygens (including phenoxy) is 1. The van der Waals surface area contributed by atoms with Crippen molar-refractivity contribution in [2.45, 2.75) is 13.8 Å². The summed E-state index contributed by atoms with van der Waals surface area (Å²) >= 11 is 6.01. The van der Waals surface area contributed by atoms with Gasteiger partial charge in [0.2, 0.25) is 0 Å². The fourth-order valence-corrected chi connectivity index (χ4v) is 1.75. The van der Waals surface area contributed by atoms with Crippen molar-refractivity contribution in [1.82, 2.24) is 15.2 Å². The Morgan fingerprint density at radius 1 is 1.18 bits per heavy atom. The predicted octanol–water partition coefficient (Wildman–Crippen LogP) is 2.82. The van der Waals surface area contributed by atoms with Crippen LogP contribution in [0.25, 0.3) is 11.3 Å². The number of hydrogen-bond acceptors (Lipinski definition) is 4. The topological polar surface area (TPSA) is 47.9 Å². The summed E-state index contributed by atoms with van der Waals surface area (Å²) in [5, 5.41) is 8.07. The van der Waals surface area contributed by atoms with Gasteiger partial charge in [-0.1, -0.05) is 11.6 Å². The van der Waals surface area contributed by atoms with Crippen LogP contribution >= 0.6 is 11.6 Å². The minimum absolute atomic E-state index is 0.321. The fraction of sp³-hybridized carbons (Fsp3) is 0.250. The Morgan fingerprint density at radius 3 is 2.53 bits per heavy atom. The lowest BCUT2D eigenvalue weighted by molar-refractivity contribution is 0.416. The van der Waals surface area contributed by atoms with Crippen LogP contribution in [0.3, 0.4) is 0 Å². The first-order valence-electron chi connectivity index (χ1n) is 5.12. The second-order valence-corrected chi connectivity index (χ2v) is 4.09. The molecule has 1 heterocycles. The van der Waals surface area contributed by atoms with Gasteiger partial charge in [0.15, 0.2) is 5.15 Å². The van der Waals surface area contributed by atoms with Crippen LogP contribution in [0.15, 0.2) is 18.5 Å². The number of benzene rings is 1. The second kappa shape index (κ2) is 4.67. The van der Waals surface area contributed by atoms with Gasteiger partial charge in [-0.2, -0.15) is 0 Å². The maximum atomic E-state index is 6.01. The molecular formula is C12H12ClN3O. The molecule has 0 spiro atoms. The molecule has 0 unspecified atom stereocenters. The molecule has 2 rings (SSSR count). The van der Waals surface area contributed by atoms with Gasteiger partial charge in [-0.3, -0.25) is 0 Å². The molecule has 0 aliphatic rings. The maximum absolute atomic E-state index is 6.01. The van der Waals surface area contributed by atoms with Crippen molar-refractivity contribution in [3.63, 3.8) is 0 Å². The third kappa shape index (κ3) is 2.22. The molecule has 4 nitrogen and oxygen atoms in total. The van der Waals surface area contributed by atoms with Crippen LogP contribution in [0.4, 0.5) is 0 Å². The molecule has 0 radical (unpaired) electrons. The Kier molecular flexibility index (Phi) is 3.24. The first-order chi connectivity index (χ1) is 8.13. The first-order valence-corrected chi connectivity index (χ1v) is 5.50. The number of nitrogens with zero attached hydrogens (tertiary/aromatic N) is 3. The van der Waals surface area contributed by atoms with E-state index in [0.717, 1.165) is 22.4 Å². The van der Waals surface area contributed by atoms with E-state index >= 15 is 0 Å². The second-order valence-electron chi connectivity index (χ2n) is 3.74. The van der Waals surface area contributed by atoms with Crippen molar-refractivity contribution >= 4 is 11.6 Å². The summed E-state index contributed by atoms with van der Waals surface area (Å²) in [6, 6.07) is 3.93. The SMILES string of the molecule is COc1cc(C)c(C)cc1-c1nncnc1Cl. The van der Waals surface area contributed by atoms with Crippen molar-refractivity contribution in [3.8, 4) is 17.0 Å². The summed E-state index contributed by atoms with van der Waals surface area (Å²) in [6.07, 6.45) is 1.32. The summed E-state index contributed by atoms with van der Waals surface area (Å²) in [7, 11) is 1.62. The molecule has 0 atom stereocenters. The van der Waals surface area contributed by atoms with Crippen molar-refractivity contribution in [2.75, 3.05) is 7.11 Å². The smallest absolute Gasteiger partial charge is 0.159 e. The minimum Gasteiger partial charge on any atom is -0.496 e. The summed E-state index contributed by atoms with van der Waals surface area (Å²) < 4.78 is 5.34. The third-order valence-corrected chi connectivity index (χ3v) is 2.92. The molecular weight excluding hydrogens is 238 g/mol. The van der Waals surface area contributed by atoms with E-state index < -0.39 is 0 Å². The molecule has 5 heteroatoms. The number of halogens is 1. The Hall–Kier alpha value is -1.68. The molecule has 1 aromatic heterocycles. The zero-order valence-corrected chi connectivity index (χ0v) is 10.6. The molecule has 0 aliphatic carbocycles. The van der Waals surface area contributed by atoms with E-state index in [0.29, 0.717) is 10.8 Å². The zero-order chi connectivity index (χ0) is 12.4. The third-order valence-electron chi connectivity index (χ3n) is 2.65. The average molecular weight is 250 g/mol. The van der Waals surface area contributed by atoms with E-state index in [1.165, 1.54) is 6.33 Å². The molecule has 17 heavy (non-hydrogen) atoms. The van der Waals surface area contributed by atoms with E-state index in [2.05, 4.69) is 15.2 Å². The van der Waals surface area contributed by atoms with Gasteiger partial charge in [0.05, 0.1) is 7.11 Å². The van der Waals surface area contributed by atoms with Gasteiger partial charge in [0.25, 0.3) is 0 Å². The number of hydrogen-bond donors (Lipinski definition) is 0. The lowest BCUT2D eigenvalue weighted by atomic mass is 10.0. The van der Waals surface area contributed by atoms with Gasteiger partial charge < -0.3 is 4.74 Å². The van der Waals surface area contributed by atoms with Crippen LogP contribution in [-0.4, -0.2) is 22.3 Å². The van der Waals surface area contributed by atoms with Gasteiger partial charge in [0.1, 0.15) is 17.8 Å². The minimum atomic E-state index is 0.321. The van der Waals surface area contributed by atoms with Gasteiger partial charge in [-0.05, 0) is 37.1 Å². The van der Waals surface area contributed by atoms with E-state index in [9.17, 15) is 0 Å². The number of rotatable bonds is 2. The highest BCUT2D eigenvalue weighted by molar-refractivity contribution is 6.31. The van der Waals surface area contributed by atoms with Crippen molar-refractivity contribution < 1.29 is 4.74 Å². The molecule has 0 aliphatic heterocycles. The lowest BCUT2D eigenvalue weighted by Gasteiger charge is -2.11. The molecule has 0 amide bonds. The van der Waals surface area contributed by atoms with Crippen LogP contribution in [-0.2, 0) is 0 Å².